The molecule has 4 aromatic rings. The number of benzene rings is 1. The van der Waals surface area contributed by atoms with Crippen LogP contribution in [-0.4, -0.2) is 19.5 Å². The minimum Gasteiger partial charge on any atom is -0.365 e. The van der Waals surface area contributed by atoms with E-state index in [-0.39, 0.29) is 0 Å². The zero-order valence-electron chi connectivity index (χ0n) is 13.3. The Bertz CT molecular complexity index is 959. The molecule has 0 spiro atoms. The van der Waals surface area contributed by atoms with Crippen LogP contribution in [0.15, 0.2) is 55.4 Å². The van der Waals surface area contributed by atoms with Crippen LogP contribution in [0.5, 0.6) is 0 Å². The Labute approximate surface area is 144 Å². The molecule has 0 bridgehead atoms. The van der Waals surface area contributed by atoms with Crippen LogP contribution in [0.4, 0.5) is 5.82 Å². The maximum Gasteiger partial charge on any atom is 0.138 e. The van der Waals surface area contributed by atoms with Gasteiger partial charge in [-0.3, -0.25) is 0 Å². The van der Waals surface area contributed by atoms with Gasteiger partial charge in [0.15, 0.2) is 0 Å². The van der Waals surface area contributed by atoms with Gasteiger partial charge in [0, 0.05) is 30.4 Å². The third-order valence-electron chi connectivity index (χ3n) is 3.83. The highest BCUT2D eigenvalue weighted by molar-refractivity contribution is 7.18. The second-order valence-corrected chi connectivity index (χ2v) is 6.94. The molecule has 0 aliphatic heterocycles. The zero-order chi connectivity index (χ0) is 16.4. The van der Waals surface area contributed by atoms with Crippen molar-refractivity contribution in [2.24, 2.45) is 0 Å². The number of fused-ring (bicyclic) bond motifs is 1. The highest BCUT2D eigenvalue weighted by atomic mass is 32.1. The maximum atomic E-state index is 4.39. The van der Waals surface area contributed by atoms with E-state index >= 15 is 0 Å². The van der Waals surface area contributed by atoms with Crippen molar-refractivity contribution in [3.63, 3.8) is 0 Å². The largest absolute Gasteiger partial charge is 0.365 e. The number of aryl methyl sites for hydroxylation is 1. The Morgan fingerprint density at radius 3 is 2.96 bits per heavy atom. The van der Waals surface area contributed by atoms with Crippen LogP contribution in [0.1, 0.15) is 16.0 Å². The van der Waals surface area contributed by atoms with Crippen molar-refractivity contribution in [3.8, 4) is 0 Å². The van der Waals surface area contributed by atoms with Crippen LogP contribution < -0.4 is 5.32 Å². The van der Waals surface area contributed by atoms with Crippen LogP contribution in [0.3, 0.4) is 0 Å². The lowest BCUT2D eigenvalue weighted by atomic mass is 10.1. The highest BCUT2D eigenvalue weighted by Gasteiger charge is 2.06. The lowest BCUT2D eigenvalue weighted by Gasteiger charge is -2.09. The summed E-state index contributed by atoms with van der Waals surface area (Å²) in [5, 5.41) is 4.53. The van der Waals surface area contributed by atoms with E-state index in [1.807, 2.05) is 12.5 Å². The van der Waals surface area contributed by atoms with Gasteiger partial charge in [0.25, 0.3) is 0 Å². The fourth-order valence-electron chi connectivity index (χ4n) is 2.73. The van der Waals surface area contributed by atoms with Crippen molar-refractivity contribution in [2.45, 2.75) is 20.0 Å². The summed E-state index contributed by atoms with van der Waals surface area (Å²) in [6, 6.07) is 10.7. The van der Waals surface area contributed by atoms with Gasteiger partial charge in [0.1, 0.15) is 17.0 Å². The Balaban J connectivity index is 1.51. The first-order chi connectivity index (χ1) is 11.8. The third-order valence-corrected chi connectivity index (χ3v) is 4.79. The highest BCUT2D eigenvalue weighted by Crippen LogP contribution is 2.27. The van der Waals surface area contributed by atoms with E-state index in [4.69, 9.17) is 0 Å². The molecule has 0 amide bonds. The number of nitrogens with zero attached hydrogens (tertiary/aromatic N) is 4. The van der Waals surface area contributed by atoms with Gasteiger partial charge in [-0.2, -0.15) is 0 Å². The summed E-state index contributed by atoms with van der Waals surface area (Å²) in [5.74, 6) is 0.893. The molecule has 1 aromatic carbocycles. The van der Waals surface area contributed by atoms with E-state index in [1.165, 1.54) is 16.0 Å². The SMILES string of the molecule is Cc1cc2c(NCc3cccc(Cn4ccnc4)c3)ncnc2s1. The fraction of sp³-hybridized carbons (Fsp3) is 0.167. The summed E-state index contributed by atoms with van der Waals surface area (Å²) < 4.78 is 2.06. The quantitative estimate of drug-likeness (QED) is 0.602. The van der Waals surface area contributed by atoms with Gasteiger partial charge >= 0.3 is 0 Å². The molecule has 3 heterocycles. The van der Waals surface area contributed by atoms with E-state index in [1.54, 1.807) is 23.9 Å². The molecule has 0 aliphatic carbocycles. The Hall–Kier alpha value is -2.73. The van der Waals surface area contributed by atoms with Gasteiger partial charge in [-0.15, -0.1) is 11.3 Å². The average Bonchev–Trinajstić information content (AvgIpc) is 3.22. The van der Waals surface area contributed by atoms with Crippen LogP contribution >= 0.6 is 11.3 Å². The van der Waals surface area contributed by atoms with E-state index in [0.717, 1.165) is 29.1 Å². The van der Waals surface area contributed by atoms with Gasteiger partial charge in [-0.05, 0) is 24.1 Å². The summed E-state index contributed by atoms with van der Waals surface area (Å²) in [4.78, 5) is 15.1. The Morgan fingerprint density at radius 2 is 2.08 bits per heavy atom. The second-order valence-electron chi connectivity index (χ2n) is 5.71. The molecule has 5 nitrogen and oxygen atoms in total. The molecule has 0 saturated heterocycles. The summed E-state index contributed by atoms with van der Waals surface area (Å²) >= 11 is 1.69. The molecule has 0 aliphatic rings. The molecule has 120 valence electrons. The van der Waals surface area contributed by atoms with Crippen molar-refractivity contribution in [1.29, 1.82) is 0 Å². The van der Waals surface area contributed by atoms with E-state index < -0.39 is 0 Å². The molecule has 0 fully saturated rings. The minimum atomic E-state index is 0.735. The van der Waals surface area contributed by atoms with Crippen molar-refractivity contribution in [3.05, 3.63) is 71.4 Å². The average molecular weight is 335 g/mol. The molecule has 0 atom stereocenters. The number of thiophene rings is 1. The number of rotatable bonds is 5. The van der Waals surface area contributed by atoms with Crippen molar-refractivity contribution < 1.29 is 0 Å². The molecule has 0 radical (unpaired) electrons. The summed E-state index contributed by atoms with van der Waals surface area (Å²) in [7, 11) is 0. The summed E-state index contributed by atoms with van der Waals surface area (Å²) in [5.41, 5.74) is 2.48. The Morgan fingerprint density at radius 1 is 1.17 bits per heavy atom. The van der Waals surface area contributed by atoms with Crippen molar-refractivity contribution in [1.82, 2.24) is 19.5 Å². The van der Waals surface area contributed by atoms with Crippen LogP contribution in [0, 0.1) is 6.92 Å². The van der Waals surface area contributed by atoms with Crippen LogP contribution in [0.2, 0.25) is 0 Å². The molecular formula is C18H17N5S. The van der Waals surface area contributed by atoms with Gasteiger partial charge in [0.05, 0.1) is 11.7 Å². The van der Waals surface area contributed by atoms with Crippen LogP contribution in [-0.2, 0) is 13.1 Å². The molecule has 3 aromatic heterocycles. The number of aromatic nitrogens is 4. The standard InChI is InChI=1S/C18H17N5S/c1-13-7-16-17(21-11-22-18(16)24-13)20-9-14-3-2-4-15(8-14)10-23-6-5-19-12-23/h2-8,11-12H,9-10H2,1H3,(H,20,21,22). The van der Waals surface area contributed by atoms with Crippen LogP contribution in [0.25, 0.3) is 10.2 Å². The molecule has 0 saturated carbocycles. The smallest absolute Gasteiger partial charge is 0.138 e. The third kappa shape index (κ3) is 3.14. The van der Waals surface area contributed by atoms with Gasteiger partial charge in [-0.1, -0.05) is 24.3 Å². The number of anilines is 1. The monoisotopic (exact) mass is 335 g/mol. The first-order valence-corrected chi connectivity index (χ1v) is 8.58. The summed E-state index contributed by atoms with van der Waals surface area (Å²) in [6.07, 6.45) is 7.23. The first-order valence-electron chi connectivity index (χ1n) is 7.76. The lowest BCUT2D eigenvalue weighted by Crippen LogP contribution is -2.03. The lowest BCUT2D eigenvalue weighted by molar-refractivity contribution is 0.796. The van der Waals surface area contributed by atoms with Gasteiger partial charge < -0.3 is 9.88 Å². The van der Waals surface area contributed by atoms with Gasteiger partial charge in [-0.25, -0.2) is 15.0 Å². The van der Waals surface area contributed by atoms with E-state index in [0.29, 0.717) is 0 Å². The number of hydrogen-bond donors (Lipinski definition) is 1. The van der Waals surface area contributed by atoms with Crippen molar-refractivity contribution >= 4 is 27.4 Å². The van der Waals surface area contributed by atoms with Crippen molar-refractivity contribution in [2.75, 3.05) is 5.32 Å². The second kappa shape index (κ2) is 6.41. The number of nitrogens with one attached hydrogen (secondary N) is 1. The van der Waals surface area contributed by atoms with Gasteiger partial charge in [0.2, 0.25) is 0 Å². The molecule has 1 N–H and O–H groups in total. The molecule has 24 heavy (non-hydrogen) atoms. The van der Waals surface area contributed by atoms with E-state index in [9.17, 15) is 0 Å². The molecular weight excluding hydrogens is 318 g/mol. The predicted molar refractivity (Wildman–Crippen MR) is 97.2 cm³/mol. The summed E-state index contributed by atoms with van der Waals surface area (Å²) in [6.45, 7) is 3.66. The maximum absolute atomic E-state index is 4.39. The zero-order valence-corrected chi connectivity index (χ0v) is 14.1. The Kier molecular flexibility index (Phi) is 3.96. The fourth-order valence-corrected chi connectivity index (χ4v) is 3.58. The molecule has 6 heteroatoms. The topological polar surface area (TPSA) is 55.6 Å². The van der Waals surface area contributed by atoms with E-state index in [2.05, 4.69) is 62.1 Å². The number of hydrogen-bond acceptors (Lipinski definition) is 5. The predicted octanol–water partition coefficient (Wildman–Crippen LogP) is 3.86. The first kappa shape index (κ1) is 14.8. The minimum absolute atomic E-state index is 0.735. The molecule has 4 rings (SSSR count). The number of imidazole rings is 1. The molecule has 0 unspecified atom stereocenters. The normalized spacial score (nSPS) is 11.0.